The van der Waals surface area contributed by atoms with Gasteiger partial charge in [0, 0.05) is 13.1 Å². The first kappa shape index (κ1) is 16.0. The van der Waals surface area contributed by atoms with E-state index in [9.17, 15) is 4.79 Å². The van der Waals surface area contributed by atoms with Crippen molar-refractivity contribution in [2.45, 2.75) is 19.4 Å². The van der Waals surface area contributed by atoms with Gasteiger partial charge in [0.15, 0.2) is 5.15 Å². The van der Waals surface area contributed by atoms with Crippen LogP contribution in [0.1, 0.15) is 13.8 Å². The molecule has 6 nitrogen and oxygen atoms in total. The number of ether oxygens (including phenoxy) is 1. The van der Waals surface area contributed by atoms with E-state index in [1.165, 1.54) is 13.1 Å². The van der Waals surface area contributed by atoms with Crippen LogP contribution in [0.15, 0.2) is 41.8 Å². The summed E-state index contributed by atoms with van der Waals surface area (Å²) in [6.45, 7) is 7.51. The molecular formula is C15H17ClN4O2. The third-order valence-electron chi connectivity index (χ3n) is 2.90. The summed E-state index contributed by atoms with van der Waals surface area (Å²) in [6, 6.07) is 4.92. The Morgan fingerprint density at radius 2 is 2.18 bits per heavy atom. The first-order valence-electron chi connectivity index (χ1n) is 6.60. The van der Waals surface area contributed by atoms with E-state index in [1.807, 2.05) is 13.8 Å². The van der Waals surface area contributed by atoms with Crippen LogP contribution in [0, 0.1) is 0 Å². The largest absolute Gasteiger partial charge is 0.482 e. The van der Waals surface area contributed by atoms with Crippen LogP contribution in [0.25, 0.3) is 0 Å². The van der Waals surface area contributed by atoms with Crippen LogP contribution in [-0.4, -0.2) is 20.4 Å². The van der Waals surface area contributed by atoms with E-state index >= 15 is 0 Å². The van der Waals surface area contributed by atoms with E-state index in [0.717, 1.165) is 4.68 Å². The summed E-state index contributed by atoms with van der Waals surface area (Å²) in [5.41, 5.74) is -0.472. The number of hydrogen-bond donors (Lipinski definition) is 1. The minimum absolute atomic E-state index is 0.220. The van der Waals surface area contributed by atoms with E-state index in [0.29, 0.717) is 17.3 Å². The first-order chi connectivity index (χ1) is 10.3. The van der Waals surface area contributed by atoms with Crippen molar-refractivity contribution >= 4 is 23.1 Å². The van der Waals surface area contributed by atoms with Gasteiger partial charge < -0.3 is 10.1 Å². The molecule has 2 rings (SSSR count). The molecule has 7 heteroatoms. The van der Waals surface area contributed by atoms with Crippen LogP contribution >= 0.6 is 11.6 Å². The van der Waals surface area contributed by atoms with Crippen molar-refractivity contribution in [1.82, 2.24) is 14.8 Å². The third kappa shape index (κ3) is 3.85. The van der Waals surface area contributed by atoms with Gasteiger partial charge in [0.1, 0.15) is 22.9 Å². The average Bonchev–Trinajstić information content (AvgIpc) is 2.46. The summed E-state index contributed by atoms with van der Waals surface area (Å²) in [5.74, 6) is 1.11. The molecule has 22 heavy (non-hydrogen) atoms. The van der Waals surface area contributed by atoms with Gasteiger partial charge in [-0.15, -0.1) is 0 Å². The molecule has 0 unspecified atom stereocenters. The highest BCUT2D eigenvalue weighted by atomic mass is 35.5. The van der Waals surface area contributed by atoms with Gasteiger partial charge in [-0.1, -0.05) is 18.2 Å². The number of aryl methyl sites for hydroxylation is 1. The predicted octanol–water partition coefficient (Wildman–Crippen LogP) is 2.92. The lowest BCUT2D eigenvalue weighted by atomic mass is 10.1. The van der Waals surface area contributed by atoms with Crippen LogP contribution < -0.4 is 15.6 Å². The van der Waals surface area contributed by atoms with Gasteiger partial charge >= 0.3 is 0 Å². The number of nitrogens with one attached hydrogen (secondary N) is 1. The zero-order valence-electron chi connectivity index (χ0n) is 12.6. The number of pyridine rings is 1. The average molecular weight is 321 g/mol. The molecule has 0 fully saturated rings. The second-order valence-corrected chi connectivity index (χ2v) is 5.61. The minimum Gasteiger partial charge on any atom is -0.482 e. The maximum atomic E-state index is 11.9. The maximum Gasteiger partial charge on any atom is 0.290 e. The van der Waals surface area contributed by atoms with Crippen molar-refractivity contribution in [2.24, 2.45) is 7.05 Å². The van der Waals surface area contributed by atoms with E-state index < -0.39 is 5.60 Å². The Labute approximate surface area is 133 Å². The lowest BCUT2D eigenvalue weighted by Gasteiger charge is -2.22. The molecule has 0 aliphatic heterocycles. The second kappa shape index (κ2) is 6.19. The van der Waals surface area contributed by atoms with Gasteiger partial charge in [-0.25, -0.2) is 9.67 Å². The fraction of sp³-hybridized carbons (Fsp3) is 0.267. The van der Waals surface area contributed by atoms with Crippen molar-refractivity contribution in [2.75, 3.05) is 5.32 Å². The molecule has 0 aliphatic rings. The van der Waals surface area contributed by atoms with Crippen molar-refractivity contribution in [3.8, 4) is 5.75 Å². The van der Waals surface area contributed by atoms with E-state index in [1.54, 1.807) is 24.4 Å². The van der Waals surface area contributed by atoms with Crippen molar-refractivity contribution in [3.05, 3.63) is 52.6 Å². The molecule has 1 N–H and O–H groups in total. The Bertz CT molecular complexity index is 738. The Balaban J connectivity index is 2.19. The molecule has 0 aliphatic carbocycles. The predicted molar refractivity (Wildman–Crippen MR) is 86.9 cm³/mol. The number of hydrogen-bond acceptors (Lipinski definition) is 5. The van der Waals surface area contributed by atoms with E-state index in [-0.39, 0.29) is 10.7 Å². The Morgan fingerprint density at radius 3 is 2.77 bits per heavy atom. The molecule has 0 radical (unpaired) electrons. The van der Waals surface area contributed by atoms with Gasteiger partial charge in [-0.3, -0.25) is 4.79 Å². The molecule has 0 aromatic carbocycles. The summed E-state index contributed by atoms with van der Waals surface area (Å²) >= 11 is 5.84. The summed E-state index contributed by atoms with van der Waals surface area (Å²) in [4.78, 5) is 16.1. The summed E-state index contributed by atoms with van der Waals surface area (Å²) in [5, 5.41) is 6.95. The Morgan fingerprint density at radius 1 is 1.45 bits per heavy atom. The molecule has 0 spiro atoms. The number of rotatable bonds is 5. The standard InChI is InChI=1S/C15H17ClN4O2/c1-5-15(2,3)22-10-6-7-13(17-9-10)18-11-8-12(16)19-20(4)14(11)21/h5-9H,1H2,2-4H3,(H,17,18). The van der Waals surface area contributed by atoms with Crippen LogP contribution in [0.2, 0.25) is 5.15 Å². The fourth-order valence-electron chi connectivity index (χ4n) is 1.66. The fourth-order valence-corrected chi connectivity index (χ4v) is 1.88. The third-order valence-corrected chi connectivity index (χ3v) is 3.09. The van der Waals surface area contributed by atoms with Gasteiger partial charge in [0.2, 0.25) is 0 Å². The molecule has 0 saturated heterocycles. The lowest BCUT2D eigenvalue weighted by Crippen LogP contribution is -2.24. The number of aromatic nitrogens is 3. The number of anilines is 2. The topological polar surface area (TPSA) is 69.0 Å². The summed E-state index contributed by atoms with van der Waals surface area (Å²) in [7, 11) is 1.53. The zero-order valence-corrected chi connectivity index (χ0v) is 13.4. The van der Waals surface area contributed by atoms with Crippen LogP contribution in [0.4, 0.5) is 11.5 Å². The molecule has 2 aromatic rings. The van der Waals surface area contributed by atoms with Gasteiger partial charge in [0.05, 0.1) is 6.20 Å². The van der Waals surface area contributed by atoms with E-state index in [4.69, 9.17) is 16.3 Å². The van der Waals surface area contributed by atoms with Crippen molar-refractivity contribution < 1.29 is 4.74 Å². The molecule has 0 bridgehead atoms. The quantitative estimate of drug-likeness (QED) is 0.858. The molecule has 116 valence electrons. The summed E-state index contributed by atoms with van der Waals surface area (Å²) < 4.78 is 6.87. The number of nitrogens with zero attached hydrogens (tertiary/aromatic N) is 3. The van der Waals surface area contributed by atoms with E-state index in [2.05, 4.69) is 22.0 Å². The molecule has 2 heterocycles. The normalized spacial score (nSPS) is 11.1. The summed E-state index contributed by atoms with van der Waals surface area (Å²) in [6.07, 6.45) is 3.28. The van der Waals surface area contributed by atoms with Crippen LogP contribution in [0.5, 0.6) is 5.75 Å². The highest BCUT2D eigenvalue weighted by molar-refractivity contribution is 6.29. The molecular weight excluding hydrogens is 304 g/mol. The highest BCUT2D eigenvalue weighted by Gasteiger charge is 2.14. The smallest absolute Gasteiger partial charge is 0.290 e. The Hall–Kier alpha value is -2.34. The number of halogens is 1. The van der Waals surface area contributed by atoms with Crippen molar-refractivity contribution in [3.63, 3.8) is 0 Å². The highest BCUT2D eigenvalue weighted by Crippen LogP contribution is 2.20. The second-order valence-electron chi connectivity index (χ2n) is 5.22. The molecule has 0 amide bonds. The first-order valence-corrected chi connectivity index (χ1v) is 6.98. The minimum atomic E-state index is -0.481. The SMILES string of the molecule is C=CC(C)(C)Oc1ccc(Nc2cc(Cl)nn(C)c2=O)nc1. The lowest BCUT2D eigenvalue weighted by molar-refractivity contribution is 0.162. The molecule has 2 aromatic heterocycles. The molecule has 0 saturated carbocycles. The van der Waals surface area contributed by atoms with Crippen LogP contribution in [-0.2, 0) is 7.05 Å². The molecule has 0 atom stereocenters. The van der Waals surface area contributed by atoms with Gasteiger partial charge in [-0.2, -0.15) is 5.10 Å². The van der Waals surface area contributed by atoms with Crippen LogP contribution in [0.3, 0.4) is 0 Å². The maximum absolute atomic E-state index is 11.9. The Kier molecular flexibility index (Phi) is 4.51. The van der Waals surface area contributed by atoms with Gasteiger partial charge in [-0.05, 0) is 32.1 Å². The van der Waals surface area contributed by atoms with Gasteiger partial charge in [0.25, 0.3) is 5.56 Å². The van der Waals surface area contributed by atoms with Crippen molar-refractivity contribution in [1.29, 1.82) is 0 Å². The monoisotopic (exact) mass is 320 g/mol. The zero-order chi connectivity index (χ0) is 16.3.